The number of hydrogen-bond acceptors (Lipinski definition) is 4. The van der Waals surface area contributed by atoms with Crippen molar-refractivity contribution in [1.29, 1.82) is 0 Å². The molecule has 0 saturated carbocycles. The molecule has 0 atom stereocenters. The fourth-order valence-corrected chi connectivity index (χ4v) is 3.77. The van der Waals surface area contributed by atoms with E-state index in [4.69, 9.17) is 11.6 Å². The molecule has 3 aromatic rings. The van der Waals surface area contributed by atoms with Gasteiger partial charge < -0.3 is 0 Å². The van der Waals surface area contributed by atoms with Gasteiger partial charge in [-0.2, -0.15) is 0 Å². The first-order valence-corrected chi connectivity index (χ1v) is 9.96. The summed E-state index contributed by atoms with van der Waals surface area (Å²) in [5, 5.41) is 0.183. The molecule has 134 valence electrons. The highest BCUT2D eigenvalue weighted by Gasteiger charge is 2.20. The summed E-state index contributed by atoms with van der Waals surface area (Å²) in [6.45, 7) is 3.98. The van der Waals surface area contributed by atoms with Gasteiger partial charge in [-0.05, 0) is 36.6 Å². The normalized spacial score (nSPS) is 11.3. The number of sulfonamides is 1. The lowest BCUT2D eigenvalue weighted by atomic mass is 10.1. The maximum atomic E-state index is 12.7. The van der Waals surface area contributed by atoms with Gasteiger partial charge in [0.15, 0.2) is 5.82 Å². The van der Waals surface area contributed by atoms with Gasteiger partial charge in [0.05, 0.1) is 10.5 Å². The minimum absolute atomic E-state index is 0.147. The zero-order valence-electron chi connectivity index (χ0n) is 14.4. The number of aryl methyl sites for hydroxylation is 2. The van der Waals surface area contributed by atoms with E-state index in [9.17, 15) is 8.42 Å². The topological polar surface area (TPSA) is 72.0 Å². The number of halogens is 1. The molecule has 0 spiro atoms. The molecule has 26 heavy (non-hydrogen) atoms. The fraction of sp³-hybridized carbons (Fsp3) is 0.158. The summed E-state index contributed by atoms with van der Waals surface area (Å²) in [5.41, 5.74) is 3.33. The molecule has 0 bridgehead atoms. The molecule has 1 heterocycles. The number of benzene rings is 2. The van der Waals surface area contributed by atoms with Gasteiger partial charge in [0, 0.05) is 0 Å². The van der Waals surface area contributed by atoms with Gasteiger partial charge in [0.2, 0.25) is 0 Å². The van der Waals surface area contributed by atoms with Gasteiger partial charge in [-0.15, -0.1) is 0 Å². The van der Waals surface area contributed by atoms with E-state index in [1.165, 1.54) is 6.33 Å². The predicted octanol–water partition coefficient (Wildman–Crippen LogP) is 4.47. The summed E-state index contributed by atoms with van der Waals surface area (Å²) in [6.07, 6.45) is 2.07. The Kier molecular flexibility index (Phi) is 5.25. The van der Waals surface area contributed by atoms with Crippen molar-refractivity contribution < 1.29 is 8.42 Å². The quantitative estimate of drug-likeness (QED) is 0.655. The van der Waals surface area contributed by atoms with Gasteiger partial charge in [0.25, 0.3) is 10.0 Å². The third kappa shape index (κ3) is 3.86. The van der Waals surface area contributed by atoms with Crippen LogP contribution in [0.4, 0.5) is 5.82 Å². The largest absolute Gasteiger partial charge is 0.263 e. The van der Waals surface area contributed by atoms with Crippen LogP contribution in [0.3, 0.4) is 0 Å². The molecule has 0 aliphatic heterocycles. The number of aromatic nitrogens is 2. The number of hydrogen-bond donors (Lipinski definition) is 1. The second kappa shape index (κ2) is 7.43. The molecular formula is C19H18ClN3O2S. The zero-order valence-corrected chi connectivity index (χ0v) is 16.0. The molecule has 1 aromatic heterocycles. The van der Waals surface area contributed by atoms with Gasteiger partial charge in [0.1, 0.15) is 11.5 Å². The average molecular weight is 388 g/mol. The molecule has 0 amide bonds. The third-order valence-electron chi connectivity index (χ3n) is 4.01. The lowest BCUT2D eigenvalue weighted by molar-refractivity contribution is 0.601. The Morgan fingerprint density at radius 2 is 1.65 bits per heavy atom. The smallest absolute Gasteiger partial charge is 0.263 e. The van der Waals surface area contributed by atoms with E-state index in [1.54, 1.807) is 24.3 Å². The van der Waals surface area contributed by atoms with E-state index in [0.29, 0.717) is 5.56 Å². The first-order chi connectivity index (χ1) is 12.4. The first-order valence-electron chi connectivity index (χ1n) is 8.10. The Morgan fingerprint density at radius 3 is 2.27 bits per heavy atom. The van der Waals surface area contributed by atoms with Gasteiger partial charge in [-0.3, -0.25) is 4.72 Å². The molecule has 5 nitrogen and oxygen atoms in total. The van der Waals surface area contributed by atoms with Gasteiger partial charge in [-0.25, -0.2) is 18.4 Å². The van der Waals surface area contributed by atoms with Crippen LogP contribution in [0.15, 0.2) is 59.8 Å². The Hall–Kier alpha value is -2.44. The van der Waals surface area contributed by atoms with Crippen molar-refractivity contribution in [2.75, 3.05) is 4.72 Å². The van der Waals surface area contributed by atoms with Crippen molar-refractivity contribution in [3.05, 3.63) is 71.1 Å². The summed E-state index contributed by atoms with van der Waals surface area (Å²) in [4.78, 5) is 8.25. The molecule has 1 N–H and O–H groups in total. The summed E-state index contributed by atoms with van der Waals surface area (Å²) >= 11 is 6.23. The summed E-state index contributed by atoms with van der Waals surface area (Å²) in [6, 6.07) is 14.3. The molecule has 0 aliphatic rings. The highest BCUT2D eigenvalue weighted by atomic mass is 35.5. The van der Waals surface area contributed by atoms with Crippen molar-refractivity contribution in [2.45, 2.75) is 25.2 Å². The molecule has 0 unspecified atom stereocenters. The van der Waals surface area contributed by atoms with Crippen LogP contribution in [0.25, 0.3) is 11.1 Å². The second-order valence-corrected chi connectivity index (χ2v) is 7.90. The molecule has 2 aromatic carbocycles. The minimum atomic E-state index is -3.79. The van der Waals surface area contributed by atoms with Crippen LogP contribution in [0.1, 0.15) is 18.1 Å². The predicted molar refractivity (Wildman–Crippen MR) is 104 cm³/mol. The third-order valence-corrected chi connectivity index (χ3v) is 5.66. The van der Waals surface area contributed by atoms with Crippen molar-refractivity contribution >= 4 is 27.4 Å². The lowest BCUT2D eigenvalue weighted by Gasteiger charge is -2.13. The van der Waals surface area contributed by atoms with Gasteiger partial charge in [-0.1, -0.05) is 60.5 Å². The molecule has 0 fully saturated rings. The number of rotatable bonds is 5. The maximum absolute atomic E-state index is 12.7. The minimum Gasteiger partial charge on any atom is -0.263 e. The number of anilines is 1. The molecule has 0 saturated heterocycles. The lowest BCUT2D eigenvalue weighted by Crippen LogP contribution is -2.15. The monoisotopic (exact) mass is 387 g/mol. The van der Waals surface area contributed by atoms with E-state index >= 15 is 0 Å². The van der Waals surface area contributed by atoms with Gasteiger partial charge >= 0.3 is 0 Å². The SMILES string of the molecule is CCc1ccc(S(=O)(=O)Nc2ncnc(Cl)c2-c2ccc(C)cc2)cc1. The number of nitrogens with zero attached hydrogens (tertiary/aromatic N) is 2. The molecule has 0 radical (unpaired) electrons. The number of nitrogens with one attached hydrogen (secondary N) is 1. The van der Waals surface area contributed by atoms with Crippen LogP contribution in [-0.2, 0) is 16.4 Å². The van der Waals surface area contributed by atoms with E-state index in [1.807, 2.05) is 38.1 Å². The van der Waals surface area contributed by atoms with Crippen molar-refractivity contribution in [3.8, 4) is 11.1 Å². The molecular weight excluding hydrogens is 370 g/mol. The van der Waals surface area contributed by atoms with Crippen LogP contribution in [0.5, 0.6) is 0 Å². The molecule has 7 heteroatoms. The summed E-state index contributed by atoms with van der Waals surface area (Å²) < 4.78 is 28.0. The highest BCUT2D eigenvalue weighted by Crippen LogP contribution is 2.33. The standard InChI is InChI=1S/C19H18ClN3O2S/c1-3-14-6-10-16(11-7-14)26(24,25)23-19-17(18(20)21-12-22-19)15-8-4-13(2)5-9-15/h4-12H,3H2,1-2H3,(H,21,22,23). The van der Waals surface area contributed by atoms with Crippen LogP contribution in [-0.4, -0.2) is 18.4 Å². The van der Waals surface area contributed by atoms with E-state index in [2.05, 4.69) is 14.7 Å². The van der Waals surface area contributed by atoms with Crippen molar-refractivity contribution in [1.82, 2.24) is 9.97 Å². The van der Waals surface area contributed by atoms with Crippen LogP contribution in [0.2, 0.25) is 5.15 Å². The summed E-state index contributed by atoms with van der Waals surface area (Å²) in [5.74, 6) is 0.147. The van der Waals surface area contributed by atoms with Crippen molar-refractivity contribution in [2.24, 2.45) is 0 Å². The van der Waals surface area contributed by atoms with E-state index < -0.39 is 10.0 Å². The van der Waals surface area contributed by atoms with Crippen LogP contribution in [0, 0.1) is 6.92 Å². The highest BCUT2D eigenvalue weighted by molar-refractivity contribution is 7.92. The van der Waals surface area contributed by atoms with Crippen LogP contribution >= 0.6 is 11.6 Å². The summed E-state index contributed by atoms with van der Waals surface area (Å²) in [7, 11) is -3.79. The second-order valence-electron chi connectivity index (χ2n) is 5.86. The Balaban J connectivity index is 2.01. The molecule has 3 rings (SSSR count). The van der Waals surface area contributed by atoms with E-state index in [0.717, 1.165) is 23.1 Å². The Morgan fingerprint density at radius 1 is 1.00 bits per heavy atom. The van der Waals surface area contributed by atoms with E-state index in [-0.39, 0.29) is 15.9 Å². The maximum Gasteiger partial charge on any atom is 0.263 e. The Labute approximate surface area is 158 Å². The zero-order chi connectivity index (χ0) is 18.7. The van der Waals surface area contributed by atoms with Crippen LogP contribution < -0.4 is 4.72 Å². The van der Waals surface area contributed by atoms with Crippen molar-refractivity contribution in [3.63, 3.8) is 0 Å². The Bertz CT molecular complexity index is 1020. The fourth-order valence-electron chi connectivity index (χ4n) is 2.51. The molecule has 0 aliphatic carbocycles. The average Bonchev–Trinajstić information content (AvgIpc) is 2.63. The first kappa shape index (κ1) is 18.4.